The molecule has 1 aliphatic heterocycles. The lowest BCUT2D eigenvalue weighted by Crippen LogP contribution is -2.43. The average Bonchev–Trinajstić information content (AvgIpc) is 3.12. The Kier molecular flexibility index (Phi) is 4.59. The summed E-state index contributed by atoms with van der Waals surface area (Å²) < 4.78 is 1.69. The van der Waals surface area contributed by atoms with Crippen LogP contribution in [0.2, 0.25) is 0 Å². The summed E-state index contributed by atoms with van der Waals surface area (Å²) in [5.41, 5.74) is 11.5. The fourth-order valence-electron chi connectivity index (χ4n) is 4.22. The summed E-state index contributed by atoms with van der Waals surface area (Å²) in [6.07, 6.45) is 3.31. The zero-order valence-electron chi connectivity index (χ0n) is 16.9. The number of anilines is 3. The third-order valence-corrected chi connectivity index (χ3v) is 5.72. The minimum atomic E-state index is -0.507. The predicted octanol–water partition coefficient (Wildman–Crippen LogP) is 1.23. The first-order valence-corrected chi connectivity index (χ1v) is 10.1. The molecule has 0 unspecified atom stereocenters. The molecule has 1 aliphatic carbocycles. The highest BCUT2D eigenvalue weighted by Crippen LogP contribution is 2.34. The van der Waals surface area contributed by atoms with Gasteiger partial charge in [-0.25, -0.2) is 9.97 Å². The Labute approximate surface area is 174 Å². The van der Waals surface area contributed by atoms with Crippen molar-refractivity contribution >= 4 is 23.2 Å². The Morgan fingerprint density at radius 1 is 1.17 bits per heavy atom. The van der Waals surface area contributed by atoms with Gasteiger partial charge in [0.05, 0.1) is 11.4 Å². The molecule has 0 radical (unpaired) electrons. The summed E-state index contributed by atoms with van der Waals surface area (Å²) in [5.74, 6) is 0.00521. The molecule has 30 heavy (non-hydrogen) atoms. The number of nitrogens with two attached hydrogens (primary N) is 1. The van der Waals surface area contributed by atoms with Crippen LogP contribution in [0.15, 0.2) is 30.5 Å². The van der Waals surface area contributed by atoms with E-state index >= 15 is 0 Å². The van der Waals surface area contributed by atoms with Gasteiger partial charge in [-0.15, -0.1) is 0 Å². The summed E-state index contributed by atoms with van der Waals surface area (Å²) in [6.45, 7) is 4.05. The number of carbonyl (C=O) groups is 1. The van der Waals surface area contributed by atoms with E-state index in [0.29, 0.717) is 18.1 Å². The van der Waals surface area contributed by atoms with Gasteiger partial charge in [0.1, 0.15) is 0 Å². The normalized spacial score (nSPS) is 15.4. The zero-order chi connectivity index (χ0) is 20.7. The number of rotatable bonds is 4. The molecule has 1 aromatic carbocycles. The Balaban J connectivity index is 1.41. The smallest absolute Gasteiger partial charge is 0.269 e. The molecular formula is C21H24N8O. The van der Waals surface area contributed by atoms with Crippen molar-refractivity contribution in [1.29, 1.82) is 0 Å². The fourth-order valence-corrected chi connectivity index (χ4v) is 4.22. The third kappa shape index (κ3) is 3.26. The lowest BCUT2D eigenvalue weighted by Gasteiger charge is -2.29. The molecule has 0 saturated carbocycles. The van der Waals surface area contributed by atoms with E-state index in [1.807, 2.05) is 25.4 Å². The van der Waals surface area contributed by atoms with E-state index in [0.717, 1.165) is 60.8 Å². The van der Waals surface area contributed by atoms with Crippen LogP contribution in [0, 0.1) is 0 Å². The summed E-state index contributed by atoms with van der Waals surface area (Å²) >= 11 is 0. The Morgan fingerprint density at radius 2 is 1.93 bits per heavy atom. The maximum Gasteiger partial charge on any atom is 0.269 e. The number of carbonyl (C=O) groups excluding carboxylic acids is 1. The Morgan fingerprint density at radius 3 is 2.67 bits per heavy atom. The number of fused-ring (bicyclic) bond motifs is 3. The molecule has 2 aliphatic rings. The second-order valence-electron chi connectivity index (χ2n) is 7.64. The minimum Gasteiger partial charge on any atom is -0.369 e. The van der Waals surface area contributed by atoms with Crippen LogP contribution in [0.3, 0.4) is 0 Å². The molecule has 1 fully saturated rings. The zero-order valence-corrected chi connectivity index (χ0v) is 16.9. The van der Waals surface area contributed by atoms with Crippen LogP contribution in [0.25, 0.3) is 11.4 Å². The summed E-state index contributed by atoms with van der Waals surface area (Å²) in [5, 5.41) is 11.0. The molecule has 154 valence electrons. The van der Waals surface area contributed by atoms with Crippen molar-refractivity contribution in [1.82, 2.24) is 25.1 Å². The summed E-state index contributed by atoms with van der Waals surface area (Å²) in [7, 11) is 1.81. The van der Waals surface area contributed by atoms with Gasteiger partial charge in [0.2, 0.25) is 5.95 Å². The Hall–Kier alpha value is -3.46. The van der Waals surface area contributed by atoms with Crippen molar-refractivity contribution in [2.45, 2.75) is 12.8 Å². The van der Waals surface area contributed by atoms with Crippen LogP contribution in [0.4, 0.5) is 17.3 Å². The van der Waals surface area contributed by atoms with E-state index in [9.17, 15) is 4.79 Å². The molecule has 3 heterocycles. The van der Waals surface area contributed by atoms with Gasteiger partial charge in [-0.05, 0) is 42.7 Å². The Bertz CT molecular complexity index is 1100. The molecule has 4 N–H and O–H groups in total. The van der Waals surface area contributed by atoms with E-state index in [2.05, 4.69) is 37.7 Å². The van der Waals surface area contributed by atoms with Gasteiger partial charge in [0, 0.05) is 56.4 Å². The van der Waals surface area contributed by atoms with E-state index in [1.165, 1.54) is 5.69 Å². The van der Waals surface area contributed by atoms with E-state index in [1.54, 1.807) is 4.68 Å². The van der Waals surface area contributed by atoms with E-state index < -0.39 is 5.91 Å². The number of hydrogen-bond donors (Lipinski definition) is 3. The highest BCUT2D eigenvalue weighted by molar-refractivity contribution is 5.94. The average molecular weight is 404 g/mol. The first-order valence-electron chi connectivity index (χ1n) is 10.1. The lowest BCUT2D eigenvalue weighted by atomic mass is 9.93. The monoisotopic (exact) mass is 404 g/mol. The van der Waals surface area contributed by atoms with Gasteiger partial charge in [0.25, 0.3) is 5.91 Å². The molecule has 1 saturated heterocycles. The second-order valence-corrected chi connectivity index (χ2v) is 7.64. The van der Waals surface area contributed by atoms with Crippen LogP contribution >= 0.6 is 0 Å². The third-order valence-electron chi connectivity index (χ3n) is 5.72. The predicted molar refractivity (Wildman–Crippen MR) is 115 cm³/mol. The SMILES string of the molecule is Cn1nc(C(N)=O)c2c1-c1nc(Nc3ccc(N4CCNCC4)cc3)ncc1CC2. The molecule has 9 nitrogen and oxygen atoms in total. The molecule has 0 bridgehead atoms. The van der Waals surface area contributed by atoms with Crippen molar-refractivity contribution in [3.05, 3.63) is 47.3 Å². The molecule has 3 aromatic rings. The molecule has 0 spiro atoms. The van der Waals surface area contributed by atoms with E-state index in [-0.39, 0.29) is 0 Å². The fraction of sp³-hybridized carbons (Fsp3) is 0.333. The van der Waals surface area contributed by atoms with Crippen molar-refractivity contribution in [3.8, 4) is 11.4 Å². The maximum atomic E-state index is 11.7. The molecule has 2 aromatic heterocycles. The maximum absolute atomic E-state index is 11.7. The number of nitrogens with one attached hydrogen (secondary N) is 2. The standard InChI is InChI=1S/C21H24N8O/c1-28-19-16(18(27-28)20(22)30)7-2-13-12-24-21(26-17(13)19)25-14-3-5-15(6-4-14)29-10-8-23-9-11-29/h3-6,12,23H,2,7-11H2,1H3,(H2,22,30)(H,24,25,26). The highest BCUT2D eigenvalue weighted by atomic mass is 16.1. The van der Waals surface area contributed by atoms with Crippen LogP contribution in [-0.2, 0) is 19.9 Å². The highest BCUT2D eigenvalue weighted by Gasteiger charge is 2.28. The molecule has 5 rings (SSSR count). The topological polar surface area (TPSA) is 114 Å². The molecular weight excluding hydrogens is 380 g/mol. The summed E-state index contributed by atoms with van der Waals surface area (Å²) in [4.78, 5) is 23.3. The van der Waals surface area contributed by atoms with Crippen LogP contribution < -0.4 is 21.3 Å². The first-order chi connectivity index (χ1) is 14.6. The van der Waals surface area contributed by atoms with E-state index in [4.69, 9.17) is 10.7 Å². The number of amides is 1. The van der Waals surface area contributed by atoms with Gasteiger partial charge in [-0.3, -0.25) is 9.48 Å². The number of aromatic nitrogens is 4. The largest absolute Gasteiger partial charge is 0.369 e. The van der Waals surface area contributed by atoms with Crippen molar-refractivity contribution < 1.29 is 4.79 Å². The molecule has 9 heteroatoms. The quantitative estimate of drug-likeness (QED) is 0.599. The lowest BCUT2D eigenvalue weighted by molar-refractivity contribution is 0.0994. The van der Waals surface area contributed by atoms with Gasteiger partial charge < -0.3 is 21.3 Å². The summed E-state index contributed by atoms with van der Waals surface area (Å²) in [6, 6.07) is 8.32. The van der Waals surface area contributed by atoms with Crippen molar-refractivity contribution in [2.24, 2.45) is 12.8 Å². The van der Waals surface area contributed by atoms with Gasteiger partial charge in [-0.1, -0.05) is 0 Å². The van der Waals surface area contributed by atoms with Crippen molar-refractivity contribution in [3.63, 3.8) is 0 Å². The van der Waals surface area contributed by atoms with Crippen LogP contribution in [0.1, 0.15) is 21.6 Å². The number of piperazine rings is 1. The molecule has 1 amide bonds. The first kappa shape index (κ1) is 18.6. The van der Waals surface area contributed by atoms with Crippen LogP contribution in [0.5, 0.6) is 0 Å². The van der Waals surface area contributed by atoms with Crippen LogP contribution in [-0.4, -0.2) is 51.8 Å². The van der Waals surface area contributed by atoms with Gasteiger partial charge >= 0.3 is 0 Å². The number of aryl methyl sites for hydroxylation is 2. The van der Waals surface area contributed by atoms with Gasteiger partial charge in [0.15, 0.2) is 5.69 Å². The number of nitrogens with zero attached hydrogens (tertiary/aromatic N) is 5. The van der Waals surface area contributed by atoms with Gasteiger partial charge in [-0.2, -0.15) is 5.10 Å². The molecule has 0 atom stereocenters. The second kappa shape index (κ2) is 7.42. The number of benzene rings is 1. The number of primary amides is 1. The number of hydrogen-bond acceptors (Lipinski definition) is 7. The van der Waals surface area contributed by atoms with Crippen molar-refractivity contribution in [2.75, 3.05) is 36.4 Å². The minimum absolute atomic E-state index is 0.328.